The van der Waals surface area contributed by atoms with Crippen LogP contribution in [0.15, 0.2) is 12.2 Å². The molecular formula is C67H110N6O25. The number of imide groups is 1. The van der Waals surface area contributed by atoms with Gasteiger partial charge >= 0.3 is 18.1 Å². The summed E-state index contributed by atoms with van der Waals surface area (Å²) < 4.78 is 60.6. The summed E-state index contributed by atoms with van der Waals surface area (Å²) in [6.07, 6.45) is 7.34. The average molecular weight is 1400 g/mol. The van der Waals surface area contributed by atoms with Crippen LogP contribution in [0.25, 0.3) is 0 Å². The van der Waals surface area contributed by atoms with Crippen LogP contribution in [0.3, 0.4) is 0 Å². The fourth-order valence-corrected chi connectivity index (χ4v) is 9.94. The summed E-state index contributed by atoms with van der Waals surface area (Å²) in [6, 6.07) is -1.69. The molecule has 0 aromatic rings. The highest BCUT2D eigenvalue weighted by atomic mass is 16.6. The number of nitrogens with one attached hydrogen (secondary N) is 5. The Labute approximate surface area is 575 Å². The first kappa shape index (κ1) is 87.6. The van der Waals surface area contributed by atoms with Crippen LogP contribution in [0.4, 0.5) is 0 Å². The lowest BCUT2D eigenvalue weighted by molar-refractivity contribution is -0.192. The Morgan fingerprint density at radius 1 is 0.480 bits per heavy atom. The van der Waals surface area contributed by atoms with Crippen molar-refractivity contribution in [3.05, 3.63) is 12.2 Å². The van der Waals surface area contributed by atoms with Gasteiger partial charge in [-0.2, -0.15) is 9.59 Å². The molecule has 3 aliphatic heterocycles. The maximum absolute atomic E-state index is 13.0. The maximum atomic E-state index is 13.0. The molecule has 2 bridgehead atoms. The Bertz CT molecular complexity index is 2430. The van der Waals surface area contributed by atoms with E-state index in [0.717, 1.165) is 0 Å². The van der Waals surface area contributed by atoms with E-state index in [1.165, 1.54) is 4.90 Å². The Morgan fingerprint density at radius 3 is 1.44 bits per heavy atom. The molecule has 0 aromatic carbocycles. The minimum Gasteiger partial charge on any atom is -0.481 e. The van der Waals surface area contributed by atoms with Crippen molar-refractivity contribution in [2.45, 2.75) is 181 Å². The first-order chi connectivity index (χ1) is 46.8. The zero-order valence-corrected chi connectivity index (χ0v) is 58.4. The topological polar surface area (TPSA) is 407 Å². The number of carbonyl (C=O) groups excluding carboxylic acids is 12. The number of likely N-dealkylation sites (tertiary alicyclic amines) is 1. The molecule has 98 heavy (non-hydrogen) atoms. The summed E-state index contributed by atoms with van der Waals surface area (Å²) in [5, 5.41) is 22.7. The van der Waals surface area contributed by atoms with Crippen molar-refractivity contribution in [2.75, 3.05) is 145 Å². The van der Waals surface area contributed by atoms with E-state index in [2.05, 4.69) is 26.6 Å². The summed E-state index contributed by atoms with van der Waals surface area (Å²) in [7, 11) is 0. The van der Waals surface area contributed by atoms with E-state index in [-0.39, 0.29) is 176 Å². The van der Waals surface area contributed by atoms with Gasteiger partial charge in [0.05, 0.1) is 142 Å². The molecule has 0 radical (unpaired) electrons. The van der Waals surface area contributed by atoms with Gasteiger partial charge in [0.25, 0.3) is 0 Å². The number of esters is 1. The number of rotatable bonds is 59. The quantitative estimate of drug-likeness (QED) is 0.0220. The van der Waals surface area contributed by atoms with Crippen LogP contribution in [0, 0.1) is 17.3 Å². The second-order valence-electron chi connectivity index (χ2n) is 25.5. The molecule has 31 nitrogen and oxygen atoms in total. The van der Waals surface area contributed by atoms with E-state index in [4.69, 9.17) is 66.8 Å². The number of hydrogen-bond acceptors (Lipinski definition) is 24. The highest BCUT2D eigenvalue weighted by molar-refractivity contribution is 6.06. The first-order valence-electron chi connectivity index (χ1n) is 34.1. The summed E-state index contributed by atoms with van der Waals surface area (Å²) in [6.45, 7) is 17.7. The van der Waals surface area contributed by atoms with Crippen LogP contribution < -0.4 is 26.6 Å². The first-order valence-corrected chi connectivity index (χ1v) is 34.1. The van der Waals surface area contributed by atoms with Crippen molar-refractivity contribution >= 4 is 71.0 Å². The molecule has 31 heteroatoms. The number of Topliss-reactive ketones (excluding diaryl/α,β-unsaturated/α-hetero) is 2. The van der Waals surface area contributed by atoms with Gasteiger partial charge < -0.3 is 83.8 Å². The molecule has 3 heterocycles. The minimum absolute atomic E-state index is 0.0142. The van der Waals surface area contributed by atoms with Crippen molar-refractivity contribution in [3.8, 4) is 0 Å². The molecule has 0 saturated carbocycles. The van der Waals surface area contributed by atoms with Crippen LogP contribution in [0.2, 0.25) is 0 Å². The van der Waals surface area contributed by atoms with E-state index in [9.17, 15) is 52.7 Å². The predicted octanol–water partition coefficient (Wildman–Crippen LogP) is 2.05. The third-order valence-corrected chi connectivity index (χ3v) is 14.9. The lowest BCUT2D eigenvalue weighted by Crippen LogP contribution is -2.47. The molecule has 2 fully saturated rings. The number of carbonyl (C=O) groups is 11. The zero-order chi connectivity index (χ0) is 72.4. The average Bonchev–Trinajstić information content (AvgIpc) is 1.58. The number of amides is 7. The number of fused-ring (bicyclic) bond motifs is 5. The van der Waals surface area contributed by atoms with Crippen LogP contribution >= 0.6 is 0 Å². The van der Waals surface area contributed by atoms with Gasteiger partial charge in [-0.15, -0.1) is 0 Å². The van der Waals surface area contributed by atoms with Gasteiger partial charge in [-0.1, -0.05) is 32.9 Å². The highest BCUT2D eigenvalue weighted by Gasteiger charge is 2.60. The number of ketones is 2. The number of hydrogen-bond donors (Lipinski definition) is 6. The third-order valence-electron chi connectivity index (χ3n) is 14.9. The summed E-state index contributed by atoms with van der Waals surface area (Å²) in [4.78, 5) is 155. The van der Waals surface area contributed by atoms with E-state index < -0.39 is 65.5 Å². The molecule has 6 N–H and O–H groups in total. The molecule has 6 atom stereocenters. The second kappa shape index (κ2) is 52.5. The lowest BCUT2D eigenvalue weighted by Gasteiger charge is -2.23. The molecule has 2 saturated heterocycles. The Kier molecular flexibility index (Phi) is 46.9. The molecule has 558 valence electrons. The van der Waals surface area contributed by atoms with Crippen molar-refractivity contribution in [3.63, 3.8) is 0 Å². The predicted molar refractivity (Wildman–Crippen MR) is 348 cm³/mol. The largest absolute Gasteiger partial charge is 0.481 e. The zero-order valence-electron chi connectivity index (χ0n) is 58.4. The number of aliphatic carboxylic acids is 1. The van der Waals surface area contributed by atoms with Crippen LogP contribution in [0.1, 0.15) is 151 Å². The van der Waals surface area contributed by atoms with Crippen molar-refractivity contribution in [1.82, 2.24) is 31.5 Å². The third kappa shape index (κ3) is 43.1. The lowest BCUT2D eigenvalue weighted by atomic mass is 9.85. The van der Waals surface area contributed by atoms with E-state index in [1.807, 2.05) is 20.8 Å². The van der Waals surface area contributed by atoms with Crippen molar-refractivity contribution in [1.29, 1.82) is 0 Å². The van der Waals surface area contributed by atoms with Crippen LogP contribution in [-0.2, 0) is 114 Å². The molecule has 4 unspecified atom stereocenters. The highest BCUT2D eigenvalue weighted by Crippen LogP contribution is 2.45. The SMILES string of the molecule is CC(C)(C)CCC(=O)[C@H](CCC(=O)OC(C)(C)C)NC(=O)CCOCCOCCOCCNC(=O)CCOCCOCCOCCC(=O)CCCOCCOCCOCCC(=O)NCCCC[C@H](NC(=O)CCCN1C(=O)C2C3C=CC(O3)C2C1=O)C(=O)NCCCC(=O)O.O=C=O. The van der Waals surface area contributed by atoms with Crippen LogP contribution in [0.5, 0.6) is 0 Å². The Morgan fingerprint density at radius 2 is 0.929 bits per heavy atom. The van der Waals surface area contributed by atoms with Gasteiger partial charge in [0.2, 0.25) is 41.4 Å². The minimum atomic E-state index is -0.990. The normalized spacial score (nSPS) is 16.7. The monoisotopic (exact) mass is 1400 g/mol. The number of carboxylic acids is 1. The smallest absolute Gasteiger partial charge is 0.373 e. The molecule has 3 aliphatic rings. The van der Waals surface area contributed by atoms with Crippen LogP contribution in [-0.4, -0.2) is 256 Å². The number of unbranched alkanes of at least 4 members (excludes halogenated alkanes) is 1. The Hall–Kier alpha value is -6.51. The summed E-state index contributed by atoms with van der Waals surface area (Å²) >= 11 is 0. The number of carboxylic acid groups (broad SMARTS) is 1. The molecule has 0 aromatic heterocycles. The molecule has 0 aliphatic carbocycles. The number of ether oxygens (including phenoxy) is 11. The van der Waals surface area contributed by atoms with Crippen molar-refractivity contribution in [2.24, 2.45) is 17.3 Å². The van der Waals surface area contributed by atoms with E-state index in [1.54, 1.807) is 32.9 Å². The van der Waals surface area contributed by atoms with Gasteiger partial charge in [0.15, 0.2) is 5.78 Å². The van der Waals surface area contributed by atoms with Gasteiger partial charge in [0, 0.05) is 90.6 Å². The molecular weight excluding hydrogens is 1290 g/mol. The van der Waals surface area contributed by atoms with Gasteiger partial charge in [-0.05, 0) is 77.6 Å². The van der Waals surface area contributed by atoms with Gasteiger partial charge in [-0.25, -0.2) is 0 Å². The molecule has 3 rings (SSSR count). The van der Waals surface area contributed by atoms with Gasteiger partial charge in [-0.3, -0.25) is 57.6 Å². The van der Waals surface area contributed by atoms with E-state index in [0.29, 0.717) is 131 Å². The number of nitrogens with zero attached hydrogens (tertiary/aromatic N) is 1. The fourth-order valence-electron chi connectivity index (χ4n) is 9.94. The molecule has 0 spiro atoms. The fraction of sp³-hybridized carbons (Fsp3) is 0.791. The van der Waals surface area contributed by atoms with E-state index >= 15 is 0 Å². The second-order valence-corrected chi connectivity index (χ2v) is 25.5. The van der Waals surface area contributed by atoms with Crippen molar-refractivity contribution < 1.29 is 120 Å². The standard InChI is InChI=1S/C66H110N6O23.CO2/c1-65(2,3)25-20-51(74)49(16-19-59(81)95-66(4,5)6)70-57(78)24-34-89-40-46-93-47-41-90-35-28-68-55(76)23-33-88-39-45-92-43-37-86-31-21-48(73)12-11-30-85-36-42-91-44-38-87-32-22-54(75)67-26-8-7-13-50(62(82)69-27-9-15-58(79)80)71-56(77)14-10-29-72-63(83)60-52-17-18-53(94-52)61(60)64(72)84;2-1-3/h17-18,49-50,52-53,60-61H,7-16,19-47H2,1-6H3,(H,67,75)(H,68,76)(H,69,82)(H,70,78)(H,71,77)(H,79,80);/t49-,50-,52?,53?,60?,61?;/m0./s1. The molecule has 7 amide bonds. The van der Waals surface area contributed by atoms with Gasteiger partial charge in [0.1, 0.15) is 17.4 Å². The summed E-state index contributed by atoms with van der Waals surface area (Å²) in [5.41, 5.74) is -0.693. The Balaban J connectivity index is 0.0000107. The maximum Gasteiger partial charge on any atom is 0.373 e. The summed E-state index contributed by atoms with van der Waals surface area (Å²) in [5.74, 6) is -4.71.